The first-order valence-corrected chi connectivity index (χ1v) is 7.15. The molecule has 1 amide bonds. The van der Waals surface area contributed by atoms with Crippen molar-refractivity contribution in [3.8, 4) is 0 Å². The van der Waals surface area contributed by atoms with E-state index in [1.54, 1.807) is 0 Å². The van der Waals surface area contributed by atoms with Crippen LogP contribution in [0.3, 0.4) is 0 Å². The van der Waals surface area contributed by atoms with Gasteiger partial charge in [-0.2, -0.15) is 0 Å². The summed E-state index contributed by atoms with van der Waals surface area (Å²) in [6.07, 6.45) is 3.44. The fourth-order valence-corrected chi connectivity index (χ4v) is 2.28. The van der Waals surface area contributed by atoms with Crippen LogP contribution in [0, 0.1) is 0 Å². The molecule has 1 saturated heterocycles. The molecule has 1 atom stereocenters. The van der Waals surface area contributed by atoms with E-state index < -0.39 is 0 Å². The van der Waals surface area contributed by atoms with Gasteiger partial charge in [-0.25, -0.2) is 0 Å². The highest BCUT2D eigenvalue weighted by atomic mass is 16.1. The number of hydrogen-bond donors (Lipinski definition) is 3. The van der Waals surface area contributed by atoms with E-state index in [0.29, 0.717) is 6.04 Å². The molecule has 1 aliphatic rings. The number of benzene rings is 1. The minimum absolute atomic E-state index is 0.00416. The van der Waals surface area contributed by atoms with Crippen LogP contribution in [0.5, 0.6) is 0 Å². The zero-order valence-corrected chi connectivity index (χ0v) is 11.5. The predicted octanol–water partition coefficient (Wildman–Crippen LogP) is 1.99. The molecule has 0 spiro atoms. The third-order valence-corrected chi connectivity index (χ3v) is 3.38. The molecular weight excluding hydrogens is 238 g/mol. The minimum atomic E-state index is 0.00416. The summed E-state index contributed by atoms with van der Waals surface area (Å²) in [5.41, 5.74) is 1.73. The highest BCUT2D eigenvalue weighted by molar-refractivity contribution is 5.95. The van der Waals surface area contributed by atoms with E-state index in [9.17, 15) is 4.79 Å². The van der Waals surface area contributed by atoms with Crippen molar-refractivity contribution < 1.29 is 4.79 Å². The van der Waals surface area contributed by atoms with Gasteiger partial charge < -0.3 is 16.0 Å². The Labute approximate surface area is 115 Å². The molecule has 1 unspecified atom stereocenters. The van der Waals surface area contributed by atoms with Gasteiger partial charge in [-0.1, -0.05) is 13.0 Å². The molecule has 1 fully saturated rings. The molecule has 104 valence electrons. The molecule has 1 aromatic rings. The molecule has 1 aromatic carbocycles. The van der Waals surface area contributed by atoms with Gasteiger partial charge in [-0.15, -0.1) is 0 Å². The van der Waals surface area contributed by atoms with E-state index in [0.717, 1.165) is 37.3 Å². The molecule has 3 N–H and O–H groups in total. The standard InChI is InChI=1S/C15H23N3O/c1-2-8-17-15(19)12-5-3-6-13(10-12)18-11-14-7-4-9-16-14/h3,5-6,10,14,16,18H,2,4,7-9,11H2,1H3,(H,17,19). The highest BCUT2D eigenvalue weighted by Gasteiger charge is 2.13. The van der Waals surface area contributed by atoms with Crippen LogP contribution in [0.2, 0.25) is 0 Å². The van der Waals surface area contributed by atoms with Crippen molar-refractivity contribution >= 4 is 11.6 Å². The summed E-state index contributed by atoms with van der Waals surface area (Å²) < 4.78 is 0. The Hall–Kier alpha value is -1.55. The molecule has 1 aliphatic heterocycles. The smallest absolute Gasteiger partial charge is 0.251 e. The van der Waals surface area contributed by atoms with Crippen LogP contribution >= 0.6 is 0 Å². The Morgan fingerprint density at radius 1 is 1.47 bits per heavy atom. The monoisotopic (exact) mass is 261 g/mol. The van der Waals surface area contributed by atoms with Crippen LogP contribution in [0.4, 0.5) is 5.69 Å². The molecule has 0 aliphatic carbocycles. The Balaban J connectivity index is 1.88. The Morgan fingerprint density at radius 3 is 3.11 bits per heavy atom. The predicted molar refractivity (Wildman–Crippen MR) is 78.6 cm³/mol. The maximum Gasteiger partial charge on any atom is 0.251 e. The number of rotatable bonds is 6. The van der Waals surface area contributed by atoms with Crippen molar-refractivity contribution in [3.05, 3.63) is 29.8 Å². The van der Waals surface area contributed by atoms with Gasteiger partial charge in [0.25, 0.3) is 5.91 Å². The van der Waals surface area contributed by atoms with Gasteiger partial charge in [0.05, 0.1) is 0 Å². The first kappa shape index (κ1) is 13.9. The molecule has 0 aromatic heterocycles. The molecule has 1 heterocycles. The number of carbonyl (C=O) groups excluding carboxylic acids is 1. The van der Waals surface area contributed by atoms with Gasteiger partial charge >= 0.3 is 0 Å². The highest BCUT2D eigenvalue weighted by Crippen LogP contribution is 2.12. The van der Waals surface area contributed by atoms with Crippen LogP contribution in [-0.2, 0) is 0 Å². The first-order valence-electron chi connectivity index (χ1n) is 7.15. The van der Waals surface area contributed by atoms with E-state index in [2.05, 4.69) is 16.0 Å². The van der Waals surface area contributed by atoms with Crippen LogP contribution < -0.4 is 16.0 Å². The van der Waals surface area contributed by atoms with Gasteiger partial charge in [0, 0.05) is 30.4 Å². The van der Waals surface area contributed by atoms with Crippen LogP contribution in [0.15, 0.2) is 24.3 Å². The quantitative estimate of drug-likeness (QED) is 0.734. The lowest BCUT2D eigenvalue weighted by Gasteiger charge is -2.13. The normalized spacial score (nSPS) is 18.3. The summed E-state index contributed by atoms with van der Waals surface area (Å²) in [7, 11) is 0. The fraction of sp³-hybridized carbons (Fsp3) is 0.533. The van der Waals surface area contributed by atoms with Gasteiger partial charge in [0.2, 0.25) is 0 Å². The Kier molecular flexibility index (Phi) is 5.21. The molecule has 4 heteroatoms. The second kappa shape index (κ2) is 7.14. The molecule has 0 radical (unpaired) electrons. The van der Waals surface area contributed by atoms with E-state index in [1.807, 2.05) is 31.2 Å². The van der Waals surface area contributed by atoms with E-state index in [-0.39, 0.29) is 5.91 Å². The summed E-state index contributed by atoms with van der Waals surface area (Å²) in [5.74, 6) is 0.00416. The van der Waals surface area contributed by atoms with Crippen molar-refractivity contribution in [2.75, 3.05) is 25.0 Å². The number of anilines is 1. The Morgan fingerprint density at radius 2 is 2.37 bits per heavy atom. The first-order chi connectivity index (χ1) is 9.29. The maximum atomic E-state index is 11.9. The lowest BCUT2D eigenvalue weighted by Crippen LogP contribution is -2.29. The van der Waals surface area contributed by atoms with Crippen molar-refractivity contribution in [1.82, 2.24) is 10.6 Å². The average molecular weight is 261 g/mol. The van der Waals surface area contributed by atoms with E-state index >= 15 is 0 Å². The van der Waals surface area contributed by atoms with Gasteiger partial charge in [-0.05, 0) is 44.0 Å². The molecule has 2 rings (SSSR count). The summed E-state index contributed by atoms with van der Waals surface area (Å²) in [6.45, 7) is 4.81. The van der Waals surface area contributed by atoms with Gasteiger partial charge in [-0.3, -0.25) is 4.79 Å². The van der Waals surface area contributed by atoms with Gasteiger partial charge in [0.15, 0.2) is 0 Å². The van der Waals surface area contributed by atoms with Crippen molar-refractivity contribution in [3.63, 3.8) is 0 Å². The average Bonchev–Trinajstić information content (AvgIpc) is 2.96. The van der Waals surface area contributed by atoms with Crippen LogP contribution in [0.1, 0.15) is 36.5 Å². The topological polar surface area (TPSA) is 53.2 Å². The SMILES string of the molecule is CCCNC(=O)c1cccc(NCC2CCCN2)c1. The largest absolute Gasteiger partial charge is 0.383 e. The van der Waals surface area contributed by atoms with Crippen molar-refractivity contribution in [1.29, 1.82) is 0 Å². The lowest BCUT2D eigenvalue weighted by molar-refractivity contribution is 0.0953. The summed E-state index contributed by atoms with van der Waals surface area (Å²) in [4.78, 5) is 11.9. The third kappa shape index (κ3) is 4.24. The molecule has 0 saturated carbocycles. The number of amides is 1. The minimum Gasteiger partial charge on any atom is -0.383 e. The van der Waals surface area contributed by atoms with E-state index in [1.165, 1.54) is 12.8 Å². The summed E-state index contributed by atoms with van der Waals surface area (Å²) >= 11 is 0. The van der Waals surface area contributed by atoms with Gasteiger partial charge in [0.1, 0.15) is 0 Å². The zero-order chi connectivity index (χ0) is 13.5. The molecule has 4 nitrogen and oxygen atoms in total. The fourth-order valence-electron chi connectivity index (χ4n) is 2.28. The maximum absolute atomic E-state index is 11.9. The Bertz CT molecular complexity index is 414. The number of hydrogen-bond acceptors (Lipinski definition) is 3. The second-order valence-electron chi connectivity index (χ2n) is 5.01. The second-order valence-corrected chi connectivity index (χ2v) is 5.01. The molecule has 0 bridgehead atoms. The van der Waals surface area contributed by atoms with Crippen molar-refractivity contribution in [2.24, 2.45) is 0 Å². The van der Waals surface area contributed by atoms with Crippen LogP contribution in [0.25, 0.3) is 0 Å². The lowest BCUT2D eigenvalue weighted by atomic mass is 10.1. The number of nitrogens with one attached hydrogen (secondary N) is 3. The molecular formula is C15H23N3O. The van der Waals surface area contributed by atoms with Crippen molar-refractivity contribution in [2.45, 2.75) is 32.2 Å². The zero-order valence-electron chi connectivity index (χ0n) is 11.5. The third-order valence-electron chi connectivity index (χ3n) is 3.38. The number of carbonyl (C=O) groups is 1. The molecule has 19 heavy (non-hydrogen) atoms. The van der Waals surface area contributed by atoms with E-state index in [4.69, 9.17) is 0 Å². The van der Waals surface area contributed by atoms with Crippen LogP contribution in [-0.4, -0.2) is 31.6 Å². The summed E-state index contributed by atoms with van der Waals surface area (Å²) in [6, 6.07) is 8.25. The summed E-state index contributed by atoms with van der Waals surface area (Å²) in [5, 5.41) is 9.74.